The number of aliphatic hydroxyl groups is 1. The molecule has 0 amide bonds. The van der Waals surface area contributed by atoms with E-state index in [1.807, 2.05) is 0 Å². The Morgan fingerprint density at radius 2 is 1.48 bits per heavy atom. The summed E-state index contributed by atoms with van der Waals surface area (Å²) in [4.78, 5) is 0. The van der Waals surface area contributed by atoms with Gasteiger partial charge in [-0.25, -0.2) is 4.52 Å². The molecule has 5 fully saturated rings. The standard InChI is InChI=1S/C17H29BO2P/c18-21(12-19,16-4-2-1-3-5-16)20-17-9-13-6-14(10-17)8-15(7-13)11-17/h13-16,19H,1-12H2/q+1. The van der Waals surface area contributed by atoms with Crippen LogP contribution in [0.25, 0.3) is 0 Å². The molecule has 0 aromatic heterocycles. The van der Waals surface area contributed by atoms with Crippen molar-refractivity contribution in [3.8, 4) is 0 Å². The van der Waals surface area contributed by atoms with Crippen LogP contribution in [0.3, 0.4) is 0 Å². The minimum absolute atomic E-state index is 0.0530. The van der Waals surface area contributed by atoms with Crippen LogP contribution in [0.5, 0.6) is 0 Å². The molecule has 2 radical (unpaired) electrons. The molecule has 21 heavy (non-hydrogen) atoms. The Morgan fingerprint density at radius 1 is 0.952 bits per heavy atom. The molecule has 1 N–H and O–H groups in total. The van der Waals surface area contributed by atoms with Crippen LogP contribution in [0.15, 0.2) is 0 Å². The summed E-state index contributed by atoms with van der Waals surface area (Å²) in [6.07, 6.45) is 14.3. The first kappa shape index (κ1) is 15.0. The molecular formula is C17H29BO2P+. The van der Waals surface area contributed by atoms with Gasteiger partial charge in [0.05, 0.1) is 5.66 Å². The lowest BCUT2D eigenvalue weighted by atomic mass is 9.54. The van der Waals surface area contributed by atoms with E-state index in [1.54, 1.807) is 0 Å². The van der Waals surface area contributed by atoms with Crippen LogP contribution in [0.2, 0.25) is 0 Å². The highest BCUT2D eigenvalue weighted by Crippen LogP contribution is 2.69. The second-order valence-corrected chi connectivity index (χ2v) is 11.4. The lowest BCUT2D eigenvalue weighted by Crippen LogP contribution is -2.52. The van der Waals surface area contributed by atoms with Gasteiger partial charge in [0.15, 0.2) is 6.35 Å². The van der Waals surface area contributed by atoms with Gasteiger partial charge >= 0.3 is 7.57 Å². The Hall–Kier alpha value is 0.415. The van der Waals surface area contributed by atoms with Gasteiger partial charge in [-0.3, -0.25) is 0 Å². The molecule has 0 aromatic carbocycles. The fraction of sp³-hybridized carbons (Fsp3) is 1.00. The maximum absolute atomic E-state index is 10.0. The van der Waals surface area contributed by atoms with E-state index in [-0.39, 0.29) is 11.9 Å². The predicted molar refractivity (Wildman–Crippen MR) is 88.6 cm³/mol. The summed E-state index contributed by atoms with van der Waals surface area (Å²) in [6.45, 7) is 0. The summed E-state index contributed by atoms with van der Waals surface area (Å²) in [7, 11) is 4.61. The van der Waals surface area contributed by atoms with Crippen molar-refractivity contribution in [3.05, 3.63) is 0 Å². The van der Waals surface area contributed by atoms with Gasteiger partial charge in [0, 0.05) is 0 Å². The minimum atomic E-state index is -2.12. The average molecular weight is 307 g/mol. The molecule has 0 saturated heterocycles. The van der Waals surface area contributed by atoms with E-state index in [0.29, 0.717) is 5.66 Å². The molecular weight excluding hydrogens is 278 g/mol. The van der Waals surface area contributed by atoms with E-state index in [4.69, 9.17) is 12.1 Å². The molecule has 0 aliphatic heterocycles. The SMILES string of the molecule is [B][P+](CO)(OC12CC3CC(CC(C3)C1)C2)C1CCCCC1. The van der Waals surface area contributed by atoms with Crippen LogP contribution in [0.1, 0.15) is 70.6 Å². The third kappa shape index (κ3) is 2.72. The highest BCUT2D eigenvalue weighted by molar-refractivity contribution is 7.94. The number of rotatable bonds is 4. The third-order valence-corrected chi connectivity index (χ3v) is 9.68. The summed E-state index contributed by atoms with van der Waals surface area (Å²) in [5.74, 6) is 2.65. The summed E-state index contributed by atoms with van der Waals surface area (Å²) in [5, 5.41) is 10.0. The Kier molecular flexibility index (Phi) is 3.92. The normalized spacial score (nSPS) is 45.7. The number of aliphatic hydroxyl groups excluding tert-OH is 1. The van der Waals surface area contributed by atoms with Gasteiger partial charge in [-0.1, -0.05) is 6.42 Å². The second-order valence-electron chi connectivity index (χ2n) is 8.48. The van der Waals surface area contributed by atoms with Gasteiger partial charge in [0.1, 0.15) is 13.0 Å². The highest BCUT2D eigenvalue weighted by atomic mass is 31.2. The fourth-order valence-corrected chi connectivity index (χ4v) is 8.86. The maximum atomic E-state index is 10.0. The van der Waals surface area contributed by atoms with Gasteiger partial charge in [-0.2, -0.15) is 0 Å². The van der Waals surface area contributed by atoms with E-state index < -0.39 is 7.37 Å². The van der Waals surface area contributed by atoms with Crippen LogP contribution >= 0.6 is 7.37 Å². The van der Waals surface area contributed by atoms with Crippen molar-refractivity contribution in [2.45, 2.75) is 81.9 Å². The van der Waals surface area contributed by atoms with Crippen molar-refractivity contribution in [1.82, 2.24) is 0 Å². The molecule has 0 heterocycles. The van der Waals surface area contributed by atoms with Crippen LogP contribution in [-0.2, 0) is 4.52 Å². The molecule has 1 unspecified atom stereocenters. The lowest BCUT2D eigenvalue weighted by molar-refractivity contribution is -0.105. The first-order valence-corrected chi connectivity index (χ1v) is 11.1. The predicted octanol–water partition coefficient (Wildman–Crippen LogP) is 4.27. The summed E-state index contributed by atoms with van der Waals surface area (Å²) in [5.41, 5.74) is 0.515. The van der Waals surface area contributed by atoms with Crippen molar-refractivity contribution in [1.29, 1.82) is 0 Å². The van der Waals surface area contributed by atoms with Crippen molar-refractivity contribution < 1.29 is 9.63 Å². The molecule has 5 saturated carbocycles. The van der Waals surface area contributed by atoms with Crippen molar-refractivity contribution in [2.75, 3.05) is 6.35 Å². The molecule has 4 bridgehead atoms. The molecule has 116 valence electrons. The van der Waals surface area contributed by atoms with E-state index in [0.717, 1.165) is 17.8 Å². The van der Waals surface area contributed by atoms with E-state index in [2.05, 4.69) is 0 Å². The van der Waals surface area contributed by atoms with Crippen molar-refractivity contribution in [3.63, 3.8) is 0 Å². The largest absolute Gasteiger partial charge is 0.405 e. The quantitative estimate of drug-likeness (QED) is 0.621. The van der Waals surface area contributed by atoms with E-state index in [9.17, 15) is 5.11 Å². The second kappa shape index (κ2) is 5.50. The Balaban J connectivity index is 1.52. The molecule has 0 aromatic rings. The third-order valence-electron chi connectivity index (χ3n) is 6.76. The minimum Gasteiger partial charge on any atom is -0.361 e. The number of hydrogen-bond acceptors (Lipinski definition) is 2. The topological polar surface area (TPSA) is 29.5 Å². The smallest absolute Gasteiger partial charge is 0.361 e. The van der Waals surface area contributed by atoms with Crippen LogP contribution in [0, 0.1) is 17.8 Å². The van der Waals surface area contributed by atoms with E-state index >= 15 is 0 Å². The zero-order valence-electron chi connectivity index (χ0n) is 13.2. The Labute approximate surface area is 131 Å². The summed E-state index contributed by atoms with van der Waals surface area (Å²) in [6, 6.07) is 0. The van der Waals surface area contributed by atoms with Gasteiger partial charge in [-0.15, -0.1) is 0 Å². The maximum Gasteiger partial charge on any atom is 0.405 e. The van der Waals surface area contributed by atoms with Crippen molar-refractivity contribution >= 4 is 14.9 Å². The van der Waals surface area contributed by atoms with E-state index in [1.165, 1.54) is 70.6 Å². The first-order chi connectivity index (χ1) is 10.1. The van der Waals surface area contributed by atoms with Gasteiger partial charge in [-0.05, 0) is 82.0 Å². The average Bonchev–Trinajstić information content (AvgIpc) is 2.46. The summed E-state index contributed by atoms with van der Waals surface area (Å²) < 4.78 is 6.77. The van der Waals surface area contributed by atoms with Gasteiger partial charge in [0.25, 0.3) is 0 Å². The molecule has 5 rings (SSSR count). The number of hydrogen-bond donors (Lipinski definition) is 1. The van der Waals surface area contributed by atoms with Crippen LogP contribution < -0.4 is 0 Å². The molecule has 5 aliphatic rings. The Morgan fingerprint density at radius 3 is 1.95 bits per heavy atom. The molecule has 1 atom stereocenters. The zero-order chi connectivity index (χ0) is 14.5. The molecule has 2 nitrogen and oxygen atoms in total. The summed E-state index contributed by atoms with van der Waals surface area (Å²) >= 11 is 0. The Bertz CT molecular complexity index is 361. The van der Waals surface area contributed by atoms with Gasteiger partial charge in [0.2, 0.25) is 0 Å². The van der Waals surface area contributed by atoms with Crippen molar-refractivity contribution in [2.24, 2.45) is 17.8 Å². The van der Waals surface area contributed by atoms with Crippen LogP contribution in [0.4, 0.5) is 0 Å². The zero-order valence-corrected chi connectivity index (χ0v) is 14.1. The lowest BCUT2D eigenvalue weighted by Gasteiger charge is -2.56. The molecule has 5 aliphatic carbocycles. The van der Waals surface area contributed by atoms with Gasteiger partial charge < -0.3 is 5.11 Å². The first-order valence-electron chi connectivity index (χ1n) is 9.09. The monoisotopic (exact) mass is 307 g/mol. The molecule has 4 heteroatoms. The molecule has 0 spiro atoms. The fourth-order valence-electron chi connectivity index (χ4n) is 6.24. The highest BCUT2D eigenvalue weighted by Gasteiger charge is 2.58. The van der Waals surface area contributed by atoms with Crippen LogP contribution in [-0.4, -0.2) is 30.3 Å².